The number of carbonyl (C=O) groups is 3. The molecule has 1 heterocycles. The second-order valence-electron chi connectivity index (χ2n) is 9.13. The number of benzene rings is 3. The Morgan fingerprint density at radius 3 is 2.08 bits per heavy atom. The van der Waals surface area contributed by atoms with Gasteiger partial charge in [-0.05, 0) is 30.2 Å². The summed E-state index contributed by atoms with van der Waals surface area (Å²) < 4.78 is 11.5. The zero-order chi connectivity index (χ0) is 26.4. The van der Waals surface area contributed by atoms with Crippen molar-refractivity contribution in [3.8, 4) is 0 Å². The Hall–Kier alpha value is -3.29. The molecule has 6 nitrogen and oxygen atoms in total. The predicted molar refractivity (Wildman–Crippen MR) is 144 cm³/mol. The molecule has 0 unspecified atom stereocenters. The van der Waals surface area contributed by atoms with E-state index in [1.54, 1.807) is 17.0 Å². The van der Waals surface area contributed by atoms with Crippen LogP contribution in [0.5, 0.6) is 0 Å². The Morgan fingerprint density at radius 1 is 0.865 bits per heavy atom. The molecule has 1 amide bonds. The molecular weight excluding hydrogens is 534 g/mol. The summed E-state index contributed by atoms with van der Waals surface area (Å²) in [7, 11) is 1.28. The SMILES string of the molecule is COC(=O)[C@H](C(=O)N1CCOCC1)[C@@H](c1ccc(Br)cc1)[C@H](C(=O)c1ccc(C)cc1)c1ccccc1. The number of ketones is 1. The van der Waals surface area contributed by atoms with Crippen molar-refractivity contribution in [2.75, 3.05) is 33.4 Å². The van der Waals surface area contributed by atoms with E-state index in [2.05, 4.69) is 15.9 Å². The van der Waals surface area contributed by atoms with Gasteiger partial charge >= 0.3 is 5.97 Å². The van der Waals surface area contributed by atoms with Crippen LogP contribution in [0.1, 0.15) is 38.9 Å². The van der Waals surface area contributed by atoms with E-state index in [-0.39, 0.29) is 11.7 Å². The first-order chi connectivity index (χ1) is 17.9. The van der Waals surface area contributed by atoms with E-state index in [4.69, 9.17) is 9.47 Å². The summed E-state index contributed by atoms with van der Waals surface area (Å²) in [5, 5.41) is 0. The van der Waals surface area contributed by atoms with Crippen LogP contribution < -0.4 is 0 Å². The van der Waals surface area contributed by atoms with Gasteiger partial charge in [-0.15, -0.1) is 0 Å². The molecule has 1 aliphatic heterocycles. The van der Waals surface area contributed by atoms with Crippen molar-refractivity contribution in [1.82, 2.24) is 4.90 Å². The van der Waals surface area contributed by atoms with Gasteiger partial charge in [-0.3, -0.25) is 14.4 Å². The Balaban J connectivity index is 1.91. The van der Waals surface area contributed by atoms with Gasteiger partial charge in [0.15, 0.2) is 5.78 Å². The summed E-state index contributed by atoms with van der Waals surface area (Å²) >= 11 is 3.47. The van der Waals surface area contributed by atoms with Crippen molar-refractivity contribution >= 4 is 33.6 Å². The molecule has 0 radical (unpaired) electrons. The first-order valence-corrected chi connectivity index (χ1v) is 13.1. The molecule has 0 bridgehead atoms. The van der Waals surface area contributed by atoms with E-state index in [9.17, 15) is 14.4 Å². The van der Waals surface area contributed by atoms with E-state index >= 15 is 0 Å². The molecule has 0 aromatic heterocycles. The van der Waals surface area contributed by atoms with E-state index in [1.807, 2.05) is 73.7 Å². The number of hydrogen-bond acceptors (Lipinski definition) is 5. The smallest absolute Gasteiger partial charge is 0.318 e. The highest BCUT2D eigenvalue weighted by Gasteiger charge is 2.46. The van der Waals surface area contributed by atoms with Gasteiger partial charge in [0.1, 0.15) is 5.92 Å². The Bertz CT molecular complexity index is 1220. The van der Waals surface area contributed by atoms with Crippen LogP contribution in [0.4, 0.5) is 0 Å². The molecule has 0 N–H and O–H groups in total. The largest absolute Gasteiger partial charge is 0.468 e. The third kappa shape index (κ3) is 6.17. The molecular formula is C30H30BrNO5. The Morgan fingerprint density at radius 2 is 1.49 bits per heavy atom. The summed E-state index contributed by atoms with van der Waals surface area (Å²) in [6, 6.07) is 24.1. The van der Waals surface area contributed by atoms with Crippen LogP contribution in [0, 0.1) is 12.8 Å². The third-order valence-electron chi connectivity index (χ3n) is 6.79. The van der Waals surface area contributed by atoms with Gasteiger partial charge in [-0.25, -0.2) is 0 Å². The van der Waals surface area contributed by atoms with Gasteiger partial charge in [0.25, 0.3) is 0 Å². The summed E-state index contributed by atoms with van der Waals surface area (Å²) in [6.45, 7) is 3.50. The number of esters is 1. The van der Waals surface area contributed by atoms with E-state index in [1.165, 1.54) is 7.11 Å². The predicted octanol–water partition coefficient (Wildman–Crippen LogP) is 5.16. The van der Waals surface area contributed by atoms with Crippen molar-refractivity contribution < 1.29 is 23.9 Å². The molecule has 3 aromatic carbocycles. The molecule has 1 aliphatic rings. The van der Waals surface area contributed by atoms with E-state index < -0.39 is 23.7 Å². The van der Waals surface area contributed by atoms with Gasteiger partial charge in [0, 0.05) is 29.0 Å². The maximum absolute atomic E-state index is 14.2. The highest BCUT2D eigenvalue weighted by atomic mass is 79.9. The monoisotopic (exact) mass is 563 g/mol. The van der Waals surface area contributed by atoms with Crippen molar-refractivity contribution in [1.29, 1.82) is 0 Å². The number of morpholine rings is 1. The minimum absolute atomic E-state index is 0.164. The normalized spacial score (nSPS) is 15.9. The minimum atomic E-state index is -1.22. The number of ether oxygens (including phenoxy) is 2. The lowest BCUT2D eigenvalue weighted by Gasteiger charge is -2.36. The summed E-state index contributed by atoms with van der Waals surface area (Å²) in [6.07, 6.45) is 0. The molecule has 0 saturated carbocycles. The van der Waals surface area contributed by atoms with Crippen molar-refractivity contribution in [2.45, 2.75) is 18.8 Å². The quantitative estimate of drug-likeness (QED) is 0.215. The molecule has 3 atom stereocenters. The van der Waals surface area contributed by atoms with Crippen LogP contribution in [0.3, 0.4) is 0 Å². The second kappa shape index (κ2) is 12.3. The molecule has 0 aliphatic carbocycles. The number of amides is 1. The lowest BCUT2D eigenvalue weighted by atomic mass is 9.70. The lowest BCUT2D eigenvalue weighted by molar-refractivity contribution is -0.156. The number of methoxy groups -OCH3 is 1. The van der Waals surface area contributed by atoms with Crippen LogP contribution in [0.25, 0.3) is 0 Å². The first-order valence-electron chi connectivity index (χ1n) is 12.3. The molecule has 4 rings (SSSR count). The Kier molecular flexibility index (Phi) is 8.90. The van der Waals surface area contributed by atoms with E-state index in [0.29, 0.717) is 37.4 Å². The number of aryl methyl sites for hydroxylation is 1. The topological polar surface area (TPSA) is 72.9 Å². The van der Waals surface area contributed by atoms with Crippen LogP contribution in [-0.2, 0) is 19.1 Å². The lowest BCUT2D eigenvalue weighted by Crippen LogP contribution is -2.48. The molecule has 3 aromatic rings. The van der Waals surface area contributed by atoms with E-state index in [0.717, 1.165) is 15.6 Å². The number of hydrogen-bond donors (Lipinski definition) is 0. The second-order valence-corrected chi connectivity index (χ2v) is 10.1. The highest BCUT2D eigenvalue weighted by Crippen LogP contribution is 2.43. The number of nitrogens with zero attached hydrogens (tertiary/aromatic N) is 1. The maximum atomic E-state index is 14.2. The fourth-order valence-electron chi connectivity index (χ4n) is 4.85. The van der Waals surface area contributed by atoms with Crippen LogP contribution in [0.2, 0.25) is 0 Å². The van der Waals surface area contributed by atoms with Gasteiger partial charge in [0.2, 0.25) is 5.91 Å². The van der Waals surface area contributed by atoms with Crippen molar-refractivity contribution in [3.05, 3.63) is 106 Å². The van der Waals surface area contributed by atoms with Crippen molar-refractivity contribution in [3.63, 3.8) is 0 Å². The van der Waals surface area contributed by atoms with Crippen LogP contribution >= 0.6 is 15.9 Å². The molecule has 1 saturated heterocycles. The van der Waals surface area contributed by atoms with Crippen molar-refractivity contribution in [2.24, 2.45) is 5.92 Å². The zero-order valence-electron chi connectivity index (χ0n) is 20.9. The summed E-state index contributed by atoms with van der Waals surface area (Å²) in [5.41, 5.74) is 2.98. The van der Waals surface area contributed by atoms with Crippen LogP contribution in [-0.4, -0.2) is 56.0 Å². The zero-order valence-corrected chi connectivity index (χ0v) is 22.5. The van der Waals surface area contributed by atoms with Gasteiger partial charge in [0.05, 0.1) is 26.2 Å². The molecule has 37 heavy (non-hydrogen) atoms. The average Bonchev–Trinajstić information content (AvgIpc) is 2.94. The first kappa shape index (κ1) is 26.8. The number of halogens is 1. The summed E-state index contributed by atoms with van der Waals surface area (Å²) in [4.78, 5) is 43.2. The fourth-order valence-corrected chi connectivity index (χ4v) is 5.11. The molecule has 1 fully saturated rings. The van der Waals surface area contributed by atoms with Gasteiger partial charge < -0.3 is 14.4 Å². The minimum Gasteiger partial charge on any atom is -0.468 e. The summed E-state index contributed by atoms with van der Waals surface area (Å²) in [5.74, 6) is -4.01. The Labute approximate surface area is 225 Å². The third-order valence-corrected chi connectivity index (χ3v) is 7.32. The van der Waals surface area contributed by atoms with Gasteiger partial charge in [-0.1, -0.05) is 88.2 Å². The molecule has 0 spiro atoms. The standard InChI is InChI=1S/C30H30BrNO5/c1-20-8-10-23(11-9-20)28(33)26(21-6-4-3-5-7-21)25(22-12-14-24(31)15-13-22)27(30(35)36-2)29(34)32-16-18-37-19-17-32/h3-15,25-27H,16-19H2,1-2H3/t25-,26+,27-/m0/s1. The molecule has 192 valence electrons. The molecule has 7 heteroatoms. The average molecular weight is 564 g/mol. The number of Topliss-reactive ketones (excluding diaryl/α,β-unsaturated/α-hetero) is 1. The number of carbonyl (C=O) groups excluding carboxylic acids is 3. The maximum Gasteiger partial charge on any atom is 0.318 e. The fraction of sp³-hybridized carbons (Fsp3) is 0.300. The highest BCUT2D eigenvalue weighted by molar-refractivity contribution is 9.10. The van der Waals surface area contributed by atoms with Gasteiger partial charge in [-0.2, -0.15) is 0 Å². The van der Waals surface area contributed by atoms with Crippen LogP contribution in [0.15, 0.2) is 83.3 Å². The number of rotatable bonds is 8.